The highest BCUT2D eigenvalue weighted by molar-refractivity contribution is 5.79. The first kappa shape index (κ1) is 12.4. The van der Waals surface area contributed by atoms with Gasteiger partial charge < -0.3 is 5.32 Å². The molecule has 0 bridgehead atoms. The minimum Gasteiger partial charge on any atom is -0.353 e. The highest BCUT2D eigenvalue weighted by Crippen LogP contribution is 1.88. The van der Waals surface area contributed by atoms with Gasteiger partial charge in [-0.15, -0.1) is 5.10 Å². The Morgan fingerprint density at radius 1 is 1.56 bits per heavy atom. The topological polar surface area (TPSA) is 93.1 Å². The smallest absolute Gasteiger partial charge is 0.205 e. The van der Waals surface area contributed by atoms with E-state index < -0.39 is 0 Å². The van der Waals surface area contributed by atoms with Crippen molar-refractivity contribution in [3.63, 3.8) is 0 Å². The molecule has 16 heavy (non-hydrogen) atoms. The van der Waals surface area contributed by atoms with Crippen LogP contribution in [0, 0.1) is 0 Å². The molecule has 1 aromatic rings. The molecule has 0 atom stereocenters. The van der Waals surface area contributed by atoms with Crippen molar-refractivity contribution in [2.75, 3.05) is 6.54 Å². The Kier molecular flexibility index (Phi) is 5.27. The predicted octanol–water partition coefficient (Wildman–Crippen LogP) is -0.514. The number of nitrogens with zero attached hydrogens (tertiary/aromatic N) is 4. The standard InChI is InChI=1S/C9H19N7/c1-8(2)13-9(14-10)11-4-3-6-16-7-5-12-15-16/h5,7-8H,3-4,6,10H2,1-2H3,(H2,11,13,14). The molecule has 7 heteroatoms. The Bertz CT molecular complexity index is 304. The molecule has 90 valence electrons. The van der Waals surface area contributed by atoms with Crippen LogP contribution in [0.25, 0.3) is 0 Å². The molecule has 0 aliphatic rings. The van der Waals surface area contributed by atoms with E-state index in [1.165, 1.54) is 0 Å². The molecule has 0 radical (unpaired) electrons. The summed E-state index contributed by atoms with van der Waals surface area (Å²) < 4.78 is 1.78. The lowest BCUT2D eigenvalue weighted by Gasteiger charge is -2.11. The van der Waals surface area contributed by atoms with Gasteiger partial charge >= 0.3 is 0 Å². The highest BCUT2D eigenvalue weighted by Gasteiger charge is 1.97. The van der Waals surface area contributed by atoms with Gasteiger partial charge in [0.25, 0.3) is 0 Å². The van der Waals surface area contributed by atoms with E-state index in [-0.39, 0.29) is 0 Å². The third-order valence-electron chi connectivity index (χ3n) is 1.85. The van der Waals surface area contributed by atoms with Gasteiger partial charge in [0.1, 0.15) is 0 Å². The summed E-state index contributed by atoms with van der Waals surface area (Å²) in [5.74, 6) is 5.95. The van der Waals surface area contributed by atoms with Crippen molar-refractivity contribution in [1.29, 1.82) is 0 Å². The Hall–Kier alpha value is -1.63. The first-order chi connectivity index (χ1) is 7.72. The molecular weight excluding hydrogens is 206 g/mol. The van der Waals surface area contributed by atoms with Gasteiger partial charge in [-0.25, -0.2) is 5.84 Å². The summed E-state index contributed by atoms with van der Waals surface area (Å²) in [6.07, 6.45) is 4.39. The maximum atomic E-state index is 5.33. The van der Waals surface area contributed by atoms with E-state index in [2.05, 4.69) is 26.0 Å². The van der Waals surface area contributed by atoms with Crippen molar-refractivity contribution in [1.82, 2.24) is 25.7 Å². The van der Waals surface area contributed by atoms with Crippen molar-refractivity contribution in [2.45, 2.75) is 32.9 Å². The van der Waals surface area contributed by atoms with Gasteiger partial charge in [0.05, 0.1) is 6.20 Å². The molecule has 0 aliphatic heterocycles. The van der Waals surface area contributed by atoms with Gasteiger partial charge in [0, 0.05) is 25.3 Å². The first-order valence-electron chi connectivity index (χ1n) is 5.34. The van der Waals surface area contributed by atoms with Crippen LogP contribution >= 0.6 is 0 Å². The second-order valence-electron chi connectivity index (χ2n) is 3.69. The number of guanidine groups is 1. The highest BCUT2D eigenvalue weighted by atomic mass is 15.4. The lowest BCUT2D eigenvalue weighted by atomic mass is 10.4. The van der Waals surface area contributed by atoms with Gasteiger partial charge in [-0.05, 0) is 20.3 Å². The minimum atomic E-state index is 0.310. The number of aliphatic imine (C=N–C) groups is 1. The summed E-state index contributed by atoms with van der Waals surface area (Å²) in [7, 11) is 0. The number of hydrogen-bond donors (Lipinski definition) is 3. The molecule has 0 aromatic carbocycles. The summed E-state index contributed by atoms with van der Waals surface area (Å²) in [5, 5.41) is 10.7. The van der Waals surface area contributed by atoms with Crippen LogP contribution in [0.3, 0.4) is 0 Å². The summed E-state index contributed by atoms with van der Waals surface area (Å²) in [6, 6.07) is 0.310. The number of nitrogens with two attached hydrogens (primary N) is 1. The molecule has 0 unspecified atom stereocenters. The zero-order valence-corrected chi connectivity index (χ0v) is 9.72. The van der Waals surface area contributed by atoms with Crippen molar-refractivity contribution < 1.29 is 0 Å². The van der Waals surface area contributed by atoms with Gasteiger partial charge in [0.15, 0.2) is 0 Å². The molecule has 1 aromatic heterocycles. The van der Waals surface area contributed by atoms with Crippen LogP contribution in [0.15, 0.2) is 17.4 Å². The van der Waals surface area contributed by atoms with Crippen LogP contribution in [0.4, 0.5) is 0 Å². The largest absolute Gasteiger partial charge is 0.353 e. The summed E-state index contributed by atoms with van der Waals surface area (Å²) in [5.41, 5.74) is 2.53. The molecule has 0 aliphatic carbocycles. The Morgan fingerprint density at radius 2 is 2.38 bits per heavy atom. The van der Waals surface area contributed by atoms with E-state index >= 15 is 0 Å². The maximum Gasteiger partial charge on any atom is 0.205 e. The molecule has 0 spiro atoms. The average molecular weight is 225 g/mol. The monoisotopic (exact) mass is 225 g/mol. The molecule has 0 fully saturated rings. The Labute approximate surface area is 95.1 Å². The second-order valence-corrected chi connectivity index (χ2v) is 3.69. The molecule has 7 nitrogen and oxygen atoms in total. The normalized spacial score (nSPS) is 11.9. The fourth-order valence-corrected chi connectivity index (χ4v) is 1.18. The van der Waals surface area contributed by atoms with Crippen molar-refractivity contribution in [3.8, 4) is 0 Å². The van der Waals surface area contributed by atoms with E-state index in [9.17, 15) is 0 Å². The zero-order chi connectivity index (χ0) is 11.8. The van der Waals surface area contributed by atoms with Gasteiger partial charge in [0.2, 0.25) is 5.96 Å². The number of hydrazine groups is 1. The maximum absolute atomic E-state index is 5.33. The molecule has 0 saturated heterocycles. The number of rotatable bonds is 5. The third kappa shape index (κ3) is 4.74. The van der Waals surface area contributed by atoms with Crippen LogP contribution in [-0.4, -0.2) is 33.5 Å². The predicted molar refractivity (Wildman–Crippen MR) is 62.5 cm³/mol. The van der Waals surface area contributed by atoms with Crippen LogP contribution in [0.1, 0.15) is 20.3 Å². The van der Waals surface area contributed by atoms with Crippen LogP contribution in [0.5, 0.6) is 0 Å². The first-order valence-corrected chi connectivity index (χ1v) is 5.34. The summed E-state index contributed by atoms with van der Waals surface area (Å²) in [6.45, 7) is 5.56. The summed E-state index contributed by atoms with van der Waals surface area (Å²) >= 11 is 0. The lowest BCUT2D eigenvalue weighted by Crippen LogP contribution is -2.44. The van der Waals surface area contributed by atoms with Crippen LogP contribution in [0.2, 0.25) is 0 Å². The van der Waals surface area contributed by atoms with Crippen molar-refractivity contribution >= 4 is 5.96 Å². The molecule has 0 saturated carbocycles. The molecule has 1 heterocycles. The Balaban J connectivity index is 2.23. The zero-order valence-electron chi connectivity index (χ0n) is 9.72. The van der Waals surface area contributed by atoms with E-state index in [1.807, 2.05) is 20.0 Å². The van der Waals surface area contributed by atoms with E-state index in [1.54, 1.807) is 10.9 Å². The van der Waals surface area contributed by atoms with Crippen molar-refractivity contribution in [2.24, 2.45) is 10.8 Å². The van der Waals surface area contributed by atoms with E-state index in [0.717, 1.165) is 13.0 Å². The summed E-state index contributed by atoms with van der Waals surface area (Å²) in [4.78, 5) is 4.29. The third-order valence-corrected chi connectivity index (χ3v) is 1.85. The molecule has 0 amide bonds. The SMILES string of the molecule is CC(C)NC(=NCCCn1ccnn1)NN. The second kappa shape index (κ2) is 6.78. The number of hydrogen-bond acceptors (Lipinski definition) is 4. The lowest BCUT2D eigenvalue weighted by molar-refractivity contribution is 0.562. The molecule has 4 N–H and O–H groups in total. The van der Waals surface area contributed by atoms with Gasteiger partial charge in [-0.1, -0.05) is 5.21 Å². The fraction of sp³-hybridized carbons (Fsp3) is 0.667. The minimum absolute atomic E-state index is 0.310. The van der Waals surface area contributed by atoms with Crippen LogP contribution < -0.4 is 16.6 Å². The van der Waals surface area contributed by atoms with Gasteiger partial charge in [-0.2, -0.15) is 0 Å². The average Bonchev–Trinajstić information content (AvgIpc) is 2.74. The van der Waals surface area contributed by atoms with E-state index in [0.29, 0.717) is 18.5 Å². The molecule has 1 rings (SSSR count). The molecular formula is C9H19N7. The van der Waals surface area contributed by atoms with E-state index in [4.69, 9.17) is 5.84 Å². The number of aryl methyl sites for hydroxylation is 1. The van der Waals surface area contributed by atoms with Crippen molar-refractivity contribution in [3.05, 3.63) is 12.4 Å². The fourth-order valence-electron chi connectivity index (χ4n) is 1.18. The quantitative estimate of drug-likeness (QED) is 0.206. The Morgan fingerprint density at radius 3 is 2.94 bits per heavy atom. The van der Waals surface area contributed by atoms with Crippen LogP contribution in [-0.2, 0) is 6.54 Å². The number of aromatic nitrogens is 3. The number of nitrogens with one attached hydrogen (secondary N) is 2. The van der Waals surface area contributed by atoms with Gasteiger partial charge in [-0.3, -0.25) is 15.1 Å².